The van der Waals surface area contributed by atoms with Gasteiger partial charge in [0.05, 0.1) is 27.4 Å². The van der Waals surface area contributed by atoms with Crippen molar-refractivity contribution in [2.24, 2.45) is 10.9 Å². The van der Waals surface area contributed by atoms with Crippen LogP contribution in [0.25, 0.3) is 0 Å². The topological polar surface area (TPSA) is 73.3 Å². The number of nitrogens with one attached hydrogen (secondary N) is 2. The zero-order valence-corrected chi connectivity index (χ0v) is 18.5. The number of ether oxygens (including phenoxy) is 4. The van der Waals surface area contributed by atoms with Crippen LogP contribution >= 0.6 is 0 Å². The van der Waals surface area contributed by atoms with Gasteiger partial charge in [-0.25, -0.2) is 0 Å². The van der Waals surface area contributed by atoms with Gasteiger partial charge in [-0.05, 0) is 30.5 Å². The predicted molar refractivity (Wildman–Crippen MR) is 116 cm³/mol. The average Bonchev–Trinajstić information content (AvgIpc) is 3.25. The first-order chi connectivity index (χ1) is 14.0. The molecule has 0 spiro atoms. The summed E-state index contributed by atoms with van der Waals surface area (Å²) in [7, 11) is 5.09. The number of guanidine groups is 1. The van der Waals surface area contributed by atoms with Crippen molar-refractivity contribution in [3.8, 4) is 11.5 Å². The first-order valence-electron chi connectivity index (χ1n) is 10.3. The van der Waals surface area contributed by atoms with Gasteiger partial charge in [-0.3, -0.25) is 4.99 Å². The summed E-state index contributed by atoms with van der Waals surface area (Å²) in [5, 5.41) is 6.77. The van der Waals surface area contributed by atoms with Crippen LogP contribution in [0.2, 0.25) is 0 Å². The molecule has 0 amide bonds. The molecule has 1 aliphatic heterocycles. The van der Waals surface area contributed by atoms with E-state index in [2.05, 4.69) is 35.5 Å². The van der Waals surface area contributed by atoms with E-state index in [0.29, 0.717) is 5.92 Å². The number of rotatable bonds is 11. The van der Waals surface area contributed by atoms with Gasteiger partial charge in [-0.1, -0.05) is 19.9 Å². The lowest BCUT2D eigenvalue weighted by atomic mass is 9.84. The summed E-state index contributed by atoms with van der Waals surface area (Å²) in [6.45, 7) is 9.19. The Labute approximate surface area is 175 Å². The van der Waals surface area contributed by atoms with Crippen LogP contribution in [0.15, 0.2) is 23.2 Å². The Morgan fingerprint density at radius 1 is 1.21 bits per heavy atom. The Balaban J connectivity index is 1.72. The van der Waals surface area contributed by atoms with E-state index in [1.165, 1.54) is 5.56 Å². The van der Waals surface area contributed by atoms with Crippen molar-refractivity contribution in [2.75, 3.05) is 60.8 Å². The molecular weight excluding hydrogens is 370 g/mol. The van der Waals surface area contributed by atoms with Crippen molar-refractivity contribution in [3.63, 3.8) is 0 Å². The van der Waals surface area contributed by atoms with Crippen LogP contribution < -0.4 is 20.1 Å². The van der Waals surface area contributed by atoms with Crippen LogP contribution in [-0.2, 0) is 14.9 Å². The molecule has 0 bridgehead atoms. The van der Waals surface area contributed by atoms with Crippen molar-refractivity contribution in [1.82, 2.24) is 10.6 Å². The molecule has 1 aromatic rings. The summed E-state index contributed by atoms with van der Waals surface area (Å²) in [6.07, 6.45) is 2.05. The molecule has 0 radical (unpaired) electrons. The van der Waals surface area contributed by atoms with Crippen LogP contribution in [0.3, 0.4) is 0 Å². The minimum Gasteiger partial charge on any atom is -0.493 e. The molecule has 1 heterocycles. The van der Waals surface area contributed by atoms with Gasteiger partial charge in [-0.15, -0.1) is 0 Å². The van der Waals surface area contributed by atoms with Gasteiger partial charge in [0.15, 0.2) is 17.5 Å². The van der Waals surface area contributed by atoms with Crippen molar-refractivity contribution >= 4 is 5.96 Å². The minimum atomic E-state index is -0.108. The maximum absolute atomic E-state index is 5.74. The van der Waals surface area contributed by atoms with Gasteiger partial charge in [0, 0.05) is 44.7 Å². The lowest BCUT2D eigenvalue weighted by Gasteiger charge is -2.27. The molecule has 1 unspecified atom stereocenters. The van der Waals surface area contributed by atoms with Gasteiger partial charge >= 0.3 is 0 Å². The van der Waals surface area contributed by atoms with E-state index in [4.69, 9.17) is 18.9 Å². The summed E-state index contributed by atoms with van der Waals surface area (Å²) in [5.74, 6) is 2.84. The predicted octanol–water partition coefficient (Wildman–Crippen LogP) is 2.59. The molecule has 0 saturated carbocycles. The number of aliphatic imine (C=N–C) groups is 1. The molecule has 7 nitrogen and oxygen atoms in total. The number of benzene rings is 1. The largest absolute Gasteiger partial charge is 0.493 e. The monoisotopic (exact) mass is 407 g/mol. The van der Waals surface area contributed by atoms with Gasteiger partial charge in [0.2, 0.25) is 0 Å². The van der Waals surface area contributed by atoms with Crippen LogP contribution in [0.5, 0.6) is 11.5 Å². The first kappa shape index (κ1) is 23.3. The molecule has 2 N–H and O–H groups in total. The normalized spacial score (nSPS) is 17.3. The second kappa shape index (κ2) is 11.9. The molecule has 1 saturated heterocycles. The lowest BCUT2D eigenvalue weighted by molar-refractivity contribution is 0.0888. The summed E-state index contributed by atoms with van der Waals surface area (Å²) >= 11 is 0. The molecule has 1 aliphatic rings. The van der Waals surface area contributed by atoms with E-state index in [9.17, 15) is 0 Å². The molecule has 0 aromatic heterocycles. The molecule has 0 aliphatic carbocycles. The van der Waals surface area contributed by atoms with Crippen LogP contribution in [-0.4, -0.2) is 66.7 Å². The molecule has 1 aromatic carbocycles. The Bertz CT molecular complexity index is 643. The van der Waals surface area contributed by atoms with Crippen molar-refractivity contribution in [3.05, 3.63) is 23.8 Å². The quantitative estimate of drug-likeness (QED) is 0.334. The Morgan fingerprint density at radius 2 is 2.00 bits per heavy atom. The summed E-state index contributed by atoms with van der Waals surface area (Å²) in [4.78, 5) is 4.32. The van der Waals surface area contributed by atoms with E-state index in [1.54, 1.807) is 21.3 Å². The maximum Gasteiger partial charge on any atom is 0.191 e. The third-order valence-corrected chi connectivity index (χ3v) is 5.22. The molecule has 2 rings (SSSR count). The number of methoxy groups -OCH3 is 2. The highest BCUT2D eigenvalue weighted by atomic mass is 16.5. The van der Waals surface area contributed by atoms with Crippen molar-refractivity contribution in [1.29, 1.82) is 0 Å². The van der Waals surface area contributed by atoms with E-state index in [0.717, 1.165) is 69.8 Å². The number of nitrogens with zero attached hydrogens (tertiary/aromatic N) is 1. The van der Waals surface area contributed by atoms with Crippen molar-refractivity contribution < 1.29 is 18.9 Å². The lowest BCUT2D eigenvalue weighted by Crippen LogP contribution is -2.43. The average molecular weight is 408 g/mol. The maximum atomic E-state index is 5.74. The molecule has 164 valence electrons. The highest BCUT2D eigenvalue weighted by Crippen LogP contribution is 2.32. The van der Waals surface area contributed by atoms with Gasteiger partial charge < -0.3 is 29.6 Å². The summed E-state index contributed by atoms with van der Waals surface area (Å²) in [6, 6.07) is 6.05. The Kier molecular flexibility index (Phi) is 9.54. The molecule has 7 heteroatoms. The third-order valence-electron chi connectivity index (χ3n) is 5.22. The molecule has 29 heavy (non-hydrogen) atoms. The standard InChI is InChI=1S/C22H37N3O4/c1-22(2,18-7-8-19(26-4)20(13-18)27-5)16-25-21(23-3)24-10-6-11-28-14-17-9-12-29-15-17/h7-8,13,17H,6,9-12,14-16H2,1-5H3,(H2,23,24,25). The zero-order chi connectivity index (χ0) is 21.1. The fourth-order valence-electron chi connectivity index (χ4n) is 3.23. The summed E-state index contributed by atoms with van der Waals surface area (Å²) < 4.78 is 21.9. The van der Waals surface area contributed by atoms with Crippen LogP contribution in [0.4, 0.5) is 0 Å². The van der Waals surface area contributed by atoms with Gasteiger partial charge in [-0.2, -0.15) is 0 Å². The zero-order valence-electron chi connectivity index (χ0n) is 18.5. The van der Waals surface area contributed by atoms with E-state index >= 15 is 0 Å². The minimum absolute atomic E-state index is 0.108. The number of hydrogen-bond donors (Lipinski definition) is 2. The number of hydrogen-bond acceptors (Lipinski definition) is 5. The summed E-state index contributed by atoms with van der Waals surface area (Å²) in [5.41, 5.74) is 1.06. The van der Waals surface area contributed by atoms with E-state index in [-0.39, 0.29) is 5.41 Å². The SMILES string of the molecule is CN=C(NCCCOCC1CCOC1)NCC(C)(C)c1ccc(OC)c(OC)c1. The third kappa shape index (κ3) is 7.40. The smallest absolute Gasteiger partial charge is 0.191 e. The second-order valence-corrected chi connectivity index (χ2v) is 7.96. The van der Waals surface area contributed by atoms with Crippen LogP contribution in [0.1, 0.15) is 32.3 Å². The highest BCUT2D eigenvalue weighted by molar-refractivity contribution is 5.79. The van der Waals surface area contributed by atoms with Crippen LogP contribution in [0, 0.1) is 5.92 Å². The van der Waals surface area contributed by atoms with Gasteiger partial charge in [0.1, 0.15) is 0 Å². The van der Waals surface area contributed by atoms with Crippen molar-refractivity contribution in [2.45, 2.75) is 32.1 Å². The Hall–Kier alpha value is -1.99. The van der Waals surface area contributed by atoms with E-state index < -0.39 is 0 Å². The fraction of sp³-hybridized carbons (Fsp3) is 0.682. The molecule has 1 atom stereocenters. The molecule has 1 fully saturated rings. The second-order valence-electron chi connectivity index (χ2n) is 7.96. The Morgan fingerprint density at radius 3 is 2.66 bits per heavy atom. The van der Waals surface area contributed by atoms with Gasteiger partial charge in [0.25, 0.3) is 0 Å². The fourth-order valence-corrected chi connectivity index (χ4v) is 3.23. The molecular formula is C22H37N3O4. The first-order valence-corrected chi connectivity index (χ1v) is 10.3. The van der Waals surface area contributed by atoms with E-state index in [1.807, 2.05) is 12.1 Å². The highest BCUT2D eigenvalue weighted by Gasteiger charge is 2.22.